The van der Waals surface area contributed by atoms with Crippen LogP contribution in [0.25, 0.3) is 0 Å². The highest BCUT2D eigenvalue weighted by molar-refractivity contribution is 7.92. The Kier molecular flexibility index (Phi) is 11.0. The first-order valence-corrected chi connectivity index (χ1v) is 15.2. The zero-order valence-corrected chi connectivity index (χ0v) is 24.8. The third-order valence-electron chi connectivity index (χ3n) is 6.57. The molecule has 0 fully saturated rings. The SMILES string of the molecule is CC[C@@H](C)NC(=O)[C@@H](Cc1ccccc1)N(Cc1ccc(Cl)cc1)C(=O)CN(c1ccccc1OC)S(C)(=O)=O. The van der Waals surface area contributed by atoms with E-state index in [2.05, 4.69) is 5.32 Å². The van der Waals surface area contributed by atoms with Crippen molar-refractivity contribution in [3.8, 4) is 5.75 Å². The molecule has 0 aliphatic heterocycles. The number of hydrogen-bond acceptors (Lipinski definition) is 5. The lowest BCUT2D eigenvalue weighted by Crippen LogP contribution is -2.54. The fourth-order valence-corrected chi connectivity index (χ4v) is 5.19. The van der Waals surface area contributed by atoms with Gasteiger partial charge in [0.05, 0.1) is 19.1 Å². The molecular weight excluding hydrogens is 550 g/mol. The molecule has 0 aromatic heterocycles. The van der Waals surface area contributed by atoms with E-state index in [9.17, 15) is 18.0 Å². The standard InChI is InChI=1S/C30H36ClN3O5S/c1-5-22(2)32-30(36)27(19-23-11-7-6-8-12-23)33(20-24-15-17-25(31)18-16-24)29(35)21-34(40(4,37)38)26-13-9-10-14-28(26)39-3/h6-18,22,27H,5,19-21H2,1-4H3,(H,32,36)/t22-,27-/m1/s1. The highest BCUT2D eigenvalue weighted by Gasteiger charge is 2.34. The molecule has 0 heterocycles. The Morgan fingerprint density at radius 3 is 2.17 bits per heavy atom. The molecule has 2 atom stereocenters. The number of halogens is 1. The predicted octanol–water partition coefficient (Wildman–Crippen LogP) is 4.67. The summed E-state index contributed by atoms with van der Waals surface area (Å²) in [5, 5.41) is 3.55. The van der Waals surface area contributed by atoms with E-state index < -0.39 is 28.5 Å². The number of amides is 2. The molecule has 0 saturated heterocycles. The number of nitrogens with one attached hydrogen (secondary N) is 1. The van der Waals surface area contributed by atoms with Gasteiger partial charge in [0.1, 0.15) is 18.3 Å². The van der Waals surface area contributed by atoms with E-state index in [0.29, 0.717) is 17.2 Å². The summed E-state index contributed by atoms with van der Waals surface area (Å²) in [6.45, 7) is 3.42. The summed E-state index contributed by atoms with van der Waals surface area (Å²) < 4.78 is 32.3. The fourth-order valence-electron chi connectivity index (χ4n) is 4.21. The molecule has 214 valence electrons. The Morgan fingerprint density at radius 2 is 1.57 bits per heavy atom. The van der Waals surface area contributed by atoms with E-state index in [-0.39, 0.29) is 30.6 Å². The molecule has 2 amide bonds. The second kappa shape index (κ2) is 14.2. The maximum absolute atomic E-state index is 14.1. The first kappa shape index (κ1) is 31.0. The molecule has 0 aliphatic rings. The lowest BCUT2D eigenvalue weighted by Gasteiger charge is -2.34. The number of carbonyl (C=O) groups is 2. The third kappa shape index (κ3) is 8.47. The van der Waals surface area contributed by atoms with E-state index in [1.165, 1.54) is 12.0 Å². The van der Waals surface area contributed by atoms with Crippen molar-refractivity contribution in [1.82, 2.24) is 10.2 Å². The summed E-state index contributed by atoms with van der Waals surface area (Å²) in [6.07, 6.45) is 1.99. The van der Waals surface area contributed by atoms with E-state index >= 15 is 0 Å². The van der Waals surface area contributed by atoms with E-state index in [0.717, 1.165) is 21.7 Å². The van der Waals surface area contributed by atoms with Crippen molar-refractivity contribution < 1.29 is 22.7 Å². The molecule has 3 aromatic carbocycles. The van der Waals surface area contributed by atoms with Gasteiger partial charge < -0.3 is 15.0 Å². The number of anilines is 1. The van der Waals surface area contributed by atoms with Gasteiger partial charge in [-0.1, -0.05) is 73.1 Å². The average molecular weight is 586 g/mol. The Morgan fingerprint density at radius 1 is 0.950 bits per heavy atom. The maximum Gasteiger partial charge on any atom is 0.244 e. The second-order valence-electron chi connectivity index (χ2n) is 9.61. The maximum atomic E-state index is 14.1. The van der Waals surface area contributed by atoms with Crippen molar-refractivity contribution in [3.05, 3.63) is 95.0 Å². The number of rotatable bonds is 13. The van der Waals surface area contributed by atoms with E-state index in [1.807, 2.05) is 44.2 Å². The van der Waals surface area contributed by atoms with Crippen molar-refractivity contribution in [1.29, 1.82) is 0 Å². The molecule has 0 saturated carbocycles. The highest BCUT2D eigenvalue weighted by atomic mass is 35.5. The van der Waals surface area contributed by atoms with Crippen molar-refractivity contribution >= 4 is 39.1 Å². The van der Waals surface area contributed by atoms with Gasteiger partial charge in [0.25, 0.3) is 0 Å². The number of ether oxygens (including phenoxy) is 1. The first-order valence-electron chi connectivity index (χ1n) is 13.0. The van der Waals surface area contributed by atoms with Crippen LogP contribution in [-0.4, -0.2) is 57.1 Å². The zero-order chi connectivity index (χ0) is 29.3. The molecule has 40 heavy (non-hydrogen) atoms. The molecule has 0 unspecified atom stereocenters. The monoisotopic (exact) mass is 585 g/mol. The molecule has 0 bridgehead atoms. The molecule has 10 heteroatoms. The summed E-state index contributed by atoms with van der Waals surface area (Å²) >= 11 is 6.09. The minimum Gasteiger partial charge on any atom is -0.495 e. The normalized spacial score (nSPS) is 12.7. The molecule has 1 N–H and O–H groups in total. The number of carbonyl (C=O) groups excluding carboxylic acids is 2. The van der Waals surface area contributed by atoms with Crippen molar-refractivity contribution in [2.75, 3.05) is 24.2 Å². The van der Waals surface area contributed by atoms with Gasteiger partial charge in [-0.15, -0.1) is 0 Å². The smallest absolute Gasteiger partial charge is 0.244 e. The zero-order valence-electron chi connectivity index (χ0n) is 23.2. The lowest BCUT2D eigenvalue weighted by atomic mass is 10.0. The number of nitrogens with zero attached hydrogens (tertiary/aromatic N) is 2. The summed E-state index contributed by atoms with van der Waals surface area (Å²) in [5.74, 6) is -0.546. The minimum atomic E-state index is -3.90. The van der Waals surface area contributed by atoms with Crippen LogP contribution in [0.4, 0.5) is 5.69 Å². The average Bonchev–Trinajstić information content (AvgIpc) is 2.94. The van der Waals surface area contributed by atoms with Crippen LogP contribution in [0, 0.1) is 0 Å². The molecule has 3 aromatic rings. The van der Waals surface area contributed by atoms with E-state index in [4.69, 9.17) is 16.3 Å². The van der Waals surface area contributed by atoms with Crippen molar-refractivity contribution in [2.45, 2.75) is 45.3 Å². The van der Waals surface area contributed by atoms with Crippen molar-refractivity contribution in [3.63, 3.8) is 0 Å². The number of methoxy groups -OCH3 is 1. The van der Waals surface area contributed by atoms with E-state index in [1.54, 1.807) is 48.5 Å². The quantitative estimate of drug-likeness (QED) is 0.314. The van der Waals surface area contributed by atoms with Crippen LogP contribution in [0.3, 0.4) is 0 Å². The van der Waals surface area contributed by atoms with Crippen molar-refractivity contribution in [2.24, 2.45) is 0 Å². The minimum absolute atomic E-state index is 0.0744. The number of para-hydroxylation sites is 2. The van der Waals surface area contributed by atoms with Gasteiger partial charge in [0.15, 0.2) is 0 Å². The molecule has 0 radical (unpaired) electrons. The third-order valence-corrected chi connectivity index (χ3v) is 7.95. The molecule has 0 aliphatic carbocycles. The van der Waals surface area contributed by atoms with Gasteiger partial charge in [-0.25, -0.2) is 8.42 Å². The largest absolute Gasteiger partial charge is 0.495 e. The molecule has 3 rings (SSSR count). The van der Waals surface area contributed by atoms with Crippen LogP contribution in [-0.2, 0) is 32.6 Å². The summed E-state index contributed by atoms with van der Waals surface area (Å²) in [7, 11) is -2.46. The Labute approximate surface area is 241 Å². The van der Waals surface area contributed by atoms with Crippen LogP contribution in [0.5, 0.6) is 5.75 Å². The van der Waals surface area contributed by atoms with Crippen LogP contribution < -0.4 is 14.4 Å². The number of benzene rings is 3. The highest BCUT2D eigenvalue weighted by Crippen LogP contribution is 2.30. The van der Waals surface area contributed by atoms with Gasteiger partial charge in [0.2, 0.25) is 21.8 Å². The molecule has 8 nitrogen and oxygen atoms in total. The molecule has 0 spiro atoms. The molecular formula is C30H36ClN3O5S. The predicted molar refractivity (Wildman–Crippen MR) is 159 cm³/mol. The summed E-state index contributed by atoms with van der Waals surface area (Å²) in [6, 6.07) is 22.0. The van der Waals surface area contributed by atoms with Gasteiger partial charge in [-0.2, -0.15) is 0 Å². The van der Waals surface area contributed by atoms with Crippen LogP contribution >= 0.6 is 11.6 Å². The lowest BCUT2D eigenvalue weighted by molar-refractivity contribution is -0.140. The number of sulfonamides is 1. The van der Waals surface area contributed by atoms with Crippen LogP contribution in [0.15, 0.2) is 78.9 Å². The second-order valence-corrected chi connectivity index (χ2v) is 12.0. The Bertz CT molecular complexity index is 1380. The summed E-state index contributed by atoms with van der Waals surface area (Å²) in [5.41, 5.74) is 1.84. The number of hydrogen-bond donors (Lipinski definition) is 1. The topological polar surface area (TPSA) is 96.0 Å². The van der Waals surface area contributed by atoms with Crippen LogP contribution in [0.1, 0.15) is 31.4 Å². The van der Waals surface area contributed by atoms with Gasteiger partial charge in [0, 0.05) is 24.0 Å². The van der Waals surface area contributed by atoms with Gasteiger partial charge in [-0.05, 0) is 48.7 Å². The first-order chi connectivity index (χ1) is 19.0. The fraction of sp³-hybridized carbons (Fsp3) is 0.333. The Hall–Kier alpha value is -3.56. The van der Waals surface area contributed by atoms with Gasteiger partial charge >= 0.3 is 0 Å². The van der Waals surface area contributed by atoms with Crippen LogP contribution in [0.2, 0.25) is 5.02 Å². The Balaban J connectivity index is 2.07. The van der Waals surface area contributed by atoms with Gasteiger partial charge in [-0.3, -0.25) is 13.9 Å². The summed E-state index contributed by atoms with van der Waals surface area (Å²) in [4.78, 5) is 29.2.